The van der Waals surface area contributed by atoms with Crippen LogP contribution in [0.25, 0.3) is 0 Å². The van der Waals surface area contributed by atoms with Gasteiger partial charge in [0.25, 0.3) is 5.91 Å². The third kappa shape index (κ3) is 4.37. The molecular weight excluding hydrogens is 470 g/mol. The minimum absolute atomic E-state index is 0.113. The number of likely N-dealkylation sites (tertiary alicyclic amines) is 1. The molecule has 0 atom stereocenters. The number of carbonyl (C=O) groups is 2. The Bertz CT molecular complexity index is 1220. The number of likely N-dealkylation sites (N-methyl/N-ethyl adjacent to an activating group) is 1. The van der Waals surface area contributed by atoms with E-state index in [1.807, 2.05) is 20.2 Å². The van der Waals surface area contributed by atoms with Gasteiger partial charge in [-0.1, -0.05) is 12.8 Å². The quantitative estimate of drug-likeness (QED) is 0.618. The highest BCUT2D eigenvalue weighted by Crippen LogP contribution is 2.52. The van der Waals surface area contributed by atoms with Gasteiger partial charge in [-0.25, -0.2) is 4.98 Å². The van der Waals surface area contributed by atoms with Crippen LogP contribution in [-0.4, -0.2) is 79.6 Å². The minimum atomic E-state index is -0.292. The van der Waals surface area contributed by atoms with Crippen molar-refractivity contribution < 1.29 is 14.3 Å². The van der Waals surface area contributed by atoms with Crippen LogP contribution in [0.1, 0.15) is 48.9 Å². The fourth-order valence-corrected chi connectivity index (χ4v) is 5.96. The highest BCUT2D eigenvalue weighted by Gasteiger charge is 2.55. The van der Waals surface area contributed by atoms with Crippen molar-refractivity contribution in [2.75, 3.05) is 56.0 Å². The molecule has 2 amide bonds. The molecule has 3 fully saturated rings. The van der Waals surface area contributed by atoms with Gasteiger partial charge >= 0.3 is 0 Å². The maximum Gasteiger partial charge on any atom is 0.251 e. The van der Waals surface area contributed by atoms with Crippen molar-refractivity contribution in [1.82, 2.24) is 20.2 Å². The molecule has 2 saturated carbocycles. The second kappa shape index (κ2) is 9.16. The van der Waals surface area contributed by atoms with E-state index in [2.05, 4.69) is 25.4 Å². The third-order valence-corrected chi connectivity index (χ3v) is 8.34. The molecule has 1 spiro atoms. The van der Waals surface area contributed by atoms with Crippen LogP contribution in [0.2, 0.25) is 0 Å². The van der Waals surface area contributed by atoms with Crippen molar-refractivity contribution >= 4 is 35.0 Å². The molecule has 1 aromatic carbocycles. The molecule has 10 heteroatoms. The van der Waals surface area contributed by atoms with E-state index in [1.54, 1.807) is 30.3 Å². The Balaban J connectivity index is 1.27. The van der Waals surface area contributed by atoms with Crippen LogP contribution in [0.5, 0.6) is 5.75 Å². The minimum Gasteiger partial charge on any atom is -0.495 e. The summed E-state index contributed by atoms with van der Waals surface area (Å²) in [4.78, 5) is 41.7. The van der Waals surface area contributed by atoms with Crippen LogP contribution in [0.15, 0.2) is 24.4 Å². The summed E-state index contributed by atoms with van der Waals surface area (Å²) in [5, 5.41) is 6.34. The number of carbonyl (C=O) groups excluding carboxylic acids is 2. The van der Waals surface area contributed by atoms with Crippen LogP contribution in [0, 0.1) is 5.41 Å². The molecule has 0 bridgehead atoms. The number of hydrogen-bond donors (Lipinski definition) is 2. The fraction of sp³-hybridized carbons (Fsp3) is 0.556. The lowest BCUT2D eigenvalue weighted by atomic mass is 10.0. The molecule has 37 heavy (non-hydrogen) atoms. The number of hydrogen-bond acceptors (Lipinski definition) is 8. The molecule has 3 heterocycles. The molecule has 1 saturated heterocycles. The molecule has 2 N–H and O–H groups in total. The molecule has 4 aliphatic rings. The summed E-state index contributed by atoms with van der Waals surface area (Å²) < 4.78 is 5.60. The molecule has 0 radical (unpaired) electrons. The second-order valence-electron chi connectivity index (χ2n) is 11.0. The van der Waals surface area contributed by atoms with Crippen molar-refractivity contribution in [3.05, 3.63) is 30.0 Å². The molecule has 6 rings (SSSR count). The largest absolute Gasteiger partial charge is 0.495 e. The number of methoxy groups -OCH3 is 1. The van der Waals surface area contributed by atoms with Crippen molar-refractivity contribution in [3.63, 3.8) is 0 Å². The first kappa shape index (κ1) is 24.0. The van der Waals surface area contributed by atoms with Crippen LogP contribution >= 0.6 is 0 Å². The molecule has 196 valence electrons. The van der Waals surface area contributed by atoms with E-state index >= 15 is 0 Å². The van der Waals surface area contributed by atoms with Crippen molar-refractivity contribution in [2.45, 2.75) is 50.6 Å². The van der Waals surface area contributed by atoms with Gasteiger partial charge < -0.3 is 30.1 Å². The zero-order valence-corrected chi connectivity index (χ0v) is 21.8. The predicted molar refractivity (Wildman–Crippen MR) is 142 cm³/mol. The van der Waals surface area contributed by atoms with Gasteiger partial charge in [-0.15, -0.1) is 0 Å². The van der Waals surface area contributed by atoms with E-state index in [0.717, 1.165) is 50.3 Å². The maximum absolute atomic E-state index is 13.3. The summed E-state index contributed by atoms with van der Waals surface area (Å²) in [5.41, 5.74) is 1.68. The summed E-state index contributed by atoms with van der Waals surface area (Å²) in [7, 11) is 5.45. The van der Waals surface area contributed by atoms with Gasteiger partial charge in [-0.05, 0) is 50.9 Å². The Morgan fingerprint density at radius 1 is 1.16 bits per heavy atom. The number of aromatic nitrogens is 2. The van der Waals surface area contributed by atoms with Gasteiger partial charge in [0.05, 0.1) is 30.5 Å². The number of anilines is 4. The highest BCUT2D eigenvalue weighted by atomic mass is 16.5. The van der Waals surface area contributed by atoms with E-state index < -0.39 is 0 Å². The third-order valence-electron chi connectivity index (χ3n) is 8.34. The van der Waals surface area contributed by atoms with Crippen molar-refractivity contribution in [1.29, 1.82) is 0 Å². The number of benzene rings is 1. The fourth-order valence-electron chi connectivity index (χ4n) is 5.96. The molecule has 0 unspecified atom stereocenters. The predicted octanol–water partition coefficient (Wildman–Crippen LogP) is 2.78. The van der Waals surface area contributed by atoms with Crippen LogP contribution in [0.3, 0.4) is 0 Å². The Hall–Kier alpha value is -3.40. The first-order chi connectivity index (χ1) is 17.9. The number of nitrogens with one attached hydrogen (secondary N) is 2. The first-order valence-corrected chi connectivity index (χ1v) is 13.2. The number of ether oxygens (including phenoxy) is 1. The lowest BCUT2D eigenvalue weighted by Gasteiger charge is -2.36. The average Bonchev–Trinajstić information content (AvgIpc) is 3.49. The number of amides is 2. The lowest BCUT2D eigenvalue weighted by Crippen LogP contribution is -2.57. The van der Waals surface area contributed by atoms with E-state index in [4.69, 9.17) is 9.72 Å². The van der Waals surface area contributed by atoms with Crippen molar-refractivity contribution in [3.8, 4) is 5.75 Å². The number of fused-ring (bicyclic) bond motifs is 1. The Morgan fingerprint density at radius 3 is 2.59 bits per heavy atom. The summed E-state index contributed by atoms with van der Waals surface area (Å²) in [6, 6.07) is 5.90. The van der Waals surface area contributed by atoms with Crippen LogP contribution < -0.4 is 25.2 Å². The summed E-state index contributed by atoms with van der Waals surface area (Å²) in [5.74, 6) is 1.83. The Morgan fingerprint density at radius 2 is 1.92 bits per heavy atom. The zero-order valence-electron chi connectivity index (χ0n) is 21.8. The number of nitrogens with zero attached hydrogens (tertiary/aromatic N) is 5. The molecule has 1 aromatic heterocycles. The summed E-state index contributed by atoms with van der Waals surface area (Å²) in [6.07, 6.45) is 8.26. The molecule has 2 aromatic rings. The standard InChI is InChI=1S/C27H35N7O3/c1-32-14-18(15-32)29-24(35)17-8-9-20(22(12-17)37-3)30-26-28-13-21-23(31-26)34(19-6-4-5-7-19)16-27(10-11-27)25(36)33(21)2/h8-9,12-13,18-19H,4-7,10-11,14-16H2,1-3H3,(H,29,35)(H,28,30,31). The summed E-state index contributed by atoms with van der Waals surface area (Å²) >= 11 is 0. The molecule has 2 aliphatic heterocycles. The van der Waals surface area contributed by atoms with Gasteiger partial charge in [0, 0.05) is 38.3 Å². The van der Waals surface area contributed by atoms with Gasteiger partial charge in [-0.2, -0.15) is 4.98 Å². The average molecular weight is 506 g/mol. The van der Waals surface area contributed by atoms with Gasteiger partial charge in [0.2, 0.25) is 11.9 Å². The first-order valence-electron chi connectivity index (χ1n) is 13.2. The SMILES string of the molecule is COc1cc(C(=O)NC2CN(C)C2)ccc1Nc1ncc2c(n1)N(C1CCCC1)CC1(CC1)C(=O)N2C. The Kier molecular flexibility index (Phi) is 5.94. The van der Waals surface area contributed by atoms with Crippen LogP contribution in [-0.2, 0) is 4.79 Å². The van der Waals surface area contributed by atoms with E-state index in [-0.39, 0.29) is 23.3 Å². The zero-order chi connectivity index (χ0) is 25.7. The van der Waals surface area contributed by atoms with Gasteiger partial charge in [0.1, 0.15) is 11.4 Å². The van der Waals surface area contributed by atoms with E-state index in [1.165, 1.54) is 12.8 Å². The van der Waals surface area contributed by atoms with E-state index in [9.17, 15) is 9.59 Å². The van der Waals surface area contributed by atoms with Crippen LogP contribution in [0.4, 0.5) is 23.1 Å². The number of rotatable bonds is 6. The van der Waals surface area contributed by atoms with Crippen molar-refractivity contribution in [2.24, 2.45) is 5.41 Å². The highest BCUT2D eigenvalue weighted by molar-refractivity contribution is 6.03. The monoisotopic (exact) mass is 505 g/mol. The summed E-state index contributed by atoms with van der Waals surface area (Å²) in [6.45, 7) is 2.43. The van der Waals surface area contributed by atoms with Gasteiger partial charge in [-0.3, -0.25) is 9.59 Å². The molecule has 2 aliphatic carbocycles. The normalized spacial score (nSPS) is 21.4. The smallest absolute Gasteiger partial charge is 0.251 e. The topological polar surface area (TPSA) is 103 Å². The lowest BCUT2D eigenvalue weighted by molar-refractivity contribution is -0.122. The van der Waals surface area contributed by atoms with Gasteiger partial charge in [0.15, 0.2) is 5.82 Å². The maximum atomic E-state index is 13.3. The van der Waals surface area contributed by atoms with E-state index in [0.29, 0.717) is 35.5 Å². The Labute approximate surface area is 217 Å². The second-order valence-corrected chi connectivity index (χ2v) is 11.0. The molecular formula is C27H35N7O3. The molecule has 10 nitrogen and oxygen atoms in total.